The Balaban J connectivity index is 2.09. The Morgan fingerprint density at radius 3 is 2.76 bits per heavy atom. The first kappa shape index (κ1) is 15.0. The van der Waals surface area contributed by atoms with E-state index in [1.165, 1.54) is 12.1 Å². The zero-order chi connectivity index (χ0) is 15.2. The molecule has 0 aliphatic rings. The van der Waals surface area contributed by atoms with Crippen LogP contribution in [0.2, 0.25) is 0 Å². The second kappa shape index (κ2) is 6.87. The third-order valence-corrected chi connectivity index (χ3v) is 3.30. The van der Waals surface area contributed by atoms with Crippen molar-refractivity contribution < 1.29 is 9.13 Å². The van der Waals surface area contributed by atoms with Gasteiger partial charge in [-0.05, 0) is 36.8 Å². The molecule has 2 rings (SSSR count). The molecule has 21 heavy (non-hydrogen) atoms. The lowest BCUT2D eigenvalue weighted by molar-refractivity contribution is 0.401. The molecule has 0 aliphatic heterocycles. The SMILES string of the molecule is COc1ccccc1[C@@H](C)NCc1cc(F)cc(C#N)c1. The Hall–Kier alpha value is -2.38. The van der Waals surface area contributed by atoms with Crippen molar-refractivity contribution in [3.8, 4) is 11.8 Å². The highest BCUT2D eigenvalue weighted by Gasteiger charge is 2.10. The fraction of sp³-hybridized carbons (Fsp3) is 0.235. The quantitative estimate of drug-likeness (QED) is 0.913. The van der Waals surface area contributed by atoms with Crippen LogP contribution in [0.3, 0.4) is 0 Å². The average molecular weight is 284 g/mol. The Bertz CT molecular complexity index is 664. The summed E-state index contributed by atoms with van der Waals surface area (Å²) in [7, 11) is 1.64. The molecule has 0 aliphatic carbocycles. The van der Waals surface area contributed by atoms with Crippen LogP contribution in [0.5, 0.6) is 5.75 Å². The number of nitrogens with one attached hydrogen (secondary N) is 1. The highest BCUT2D eigenvalue weighted by Crippen LogP contribution is 2.24. The summed E-state index contributed by atoms with van der Waals surface area (Å²) in [5.41, 5.74) is 2.11. The van der Waals surface area contributed by atoms with E-state index in [4.69, 9.17) is 10.00 Å². The molecular formula is C17H17FN2O. The highest BCUT2D eigenvalue weighted by molar-refractivity contribution is 5.36. The molecule has 0 fully saturated rings. The molecule has 3 nitrogen and oxygen atoms in total. The molecule has 0 saturated carbocycles. The van der Waals surface area contributed by atoms with E-state index in [0.29, 0.717) is 12.1 Å². The lowest BCUT2D eigenvalue weighted by atomic mass is 10.1. The number of halogens is 1. The van der Waals surface area contributed by atoms with Gasteiger partial charge >= 0.3 is 0 Å². The number of nitriles is 1. The van der Waals surface area contributed by atoms with Crippen LogP contribution in [-0.4, -0.2) is 7.11 Å². The minimum absolute atomic E-state index is 0.0509. The molecule has 0 spiro atoms. The molecule has 0 bridgehead atoms. The zero-order valence-electron chi connectivity index (χ0n) is 12.1. The van der Waals surface area contributed by atoms with Crippen molar-refractivity contribution in [2.24, 2.45) is 0 Å². The highest BCUT2D eigenvalue weighted by atomic mass is 19.1. The molecule has 2 aromatic carbocycles. The number of benzene rings is 2. The largest absolute Gasteiger partial charge is 0.496 e. The molecule has 4 heteroatoms. The Kier molecular flexibility index (Phi) is 4.91. The first-order chi connectivity index (χ1) is 10.1. The monoisotopic (exact) mass is 284 g/mol. The number of ether oxygens (including phenoxy) is 1. The van der Waals surface area contributed by atoms with E-state index in [1.807, 2.05) is 37.3 Å². The molecule has 2 aromatic rings. The number of methoxy groups -OCH3 is 1. The standard InChI is InChI=1S/C17H17FN2O/c1-12(16-5-3-4-6-17(16)21-2)20-11-14-7-13(10-19)8-15(18)9-14/h3-9,12,20H,11H2,1-2H3/t12-/m1/s1. The van der Waals surface area contributed by atoms with Gasteiger partial charge in [-0.1, -0.05) is 18.2 Å². The van der Waals surface area contributed by atoms with Crippen molar-refractivity contribution >= 4 is 0 Å². The van der Waals surface area contributed by atoms with Crippen molar-refractivity contribution in [2.75, 3.05) is 7.11 Å². The third kappa shape index (κ3) is 3.80. The van der Waals surface area contributed by atoms with Gasteiger partial charge in [0, 0.05) is 18.2 Å². The summed E-state index contributed by atoms with van der Waals surface area (Å²) in [5.74, 6) is 0.422. The lowest BCUT2D eigenvalue weighted by Gasteiger charge is -2.17. The van der Waals surface area contributed by atoms with E-state index >= 15 is 0 Å². The van der Waals surface area contributed by atoms with Gasteiger partial charge in [0.15, 0.2) is 0 Å². The summed E-state index contributed by atoms with van der Waals surface area (Å²) >= 11 is 0. The van der Waals surface area contributed by atoms with Gasteiger partial charge in [-0.2, -0.15) is 5.26 Å². The molecule has 0 aromatic heterocycles. The van der Waals surface area contributed by atoms with Crippen molar-refractivity contribution in [1.29, 1.82) is 5.26 Å². The van der Waals surface area contributed by atoms with E-state index in [9.17, 15) is 4.39 Å². The first-order valence-corrected chi connectivity index (χ1v) is 6.70. The molecule has 1 N–H and O–H groups in total. The van der Waals surface area contributed by atoms with Gasteiger partial charge in [0.25, 0.3) is 0 Å². The van der Waals surface area contributed by atoms with Gasteiger partial charge in [-0.25, -0.2) is 4.39 Å². The van der Waals surface area contributed by atoms with Crippen LogP contribution < -0.4 is 10.1 Å². The van der Waals surface area contributed by atoms with Gasteiger partial charge in [0.2, 0.25) is 0 Å². The predicted octanol–water partition coefficient (Wildman–Crippen LogP) is 3.56. The van der Waals surface area contributed by atoms with Gasteiger partial charge in [-0.15, -0.1) is 0 Å². The summed E-state index contributed by atoms with van der Waals surface area (Å²) in [6.45, 7) is 2.49. The van der Waals surface area contributed by atoms with E-state index in [0.717, 1.165) is 16.9 Å². The van der Waals surface area contributed by atoms with E-state index < -0.39 is 5.82 Å². The fourth-order valence-corrected chi connectivity index (χ4v) is 2.22. The normalized spacial score (nSPS) is 11.7. The number of rotatable bonds is 5. The van der Waals surface area contributed by atoms with Crippen LogP contribution in [0, 0.1) is 17.1 Å². The smallest absolute Gasteiger partial charge is 0.124 e. The minimum Gasteiger partial charge on any atom is -0.496 e. The van der Waals surface area contributed by atoms with E-state index in [1.54, 1.807) is 13.2 Å². The zero-order valence-corrected chi connectivity index (χ0v) is 12.1. The van der Waals surface area contributed by atoms with E-state index in [2.05, 4.69) is 5.32 Å². The topological polar surface area (TPSA) is 45.0 Å². The van der Waals surface area contributed by atoms with Gasteiger partial charge < -0.3 is 10.1 Å². The maximum Gasteiger partial charge on any atom is 0.124 e. The number of para-hydroxylation sites is 1. The van der Waals surface area contributed by atoms with Crippen LogP contribution in [0.1, 0.15) is 29.7 Å². The van der Waals surface area contributed by atoms with Gasteiger partial charge in [0.05, 0.1) is 18.7 Å². The van der Waals surface area contributed by atoms with Crippen molar-refractivity contribution in [2.45, 2.75) is 19.5 Å². The van der Waals surface area contributed by atoms with Crippen molar-refractivity contribution in [1.82, 2.24) is 5.32 Å². The summed E-state index contributed by atoms with van der Waals surface area (Å²) in [6, 6.07) is 14.1. The minimum atomic E-state index is -0.393. The predicted molar refractivity (Wildman–Crippen MR) is 79.4 cm³/mol. The number of hydrogen-bond donors (Lipinski definition) is 1. The second-order valence-electron chi connectivity index (χ2n) is 4.80. The van der Waals surface area contributed by atoms with Crippen molar-refractivity contribution in [3.63, 3.8) is 0 Å². The molecule has 108 valence electrons. The molecule has 0 saturated heterocycles. The molecule has 0 heterocycles. The maximum absolute atomic E-state index is 13.4. The summed E-state index contributed by atoms with van der Waals surface area (Å²) in [6.07, 6.45) is 0. The van der Waals surface area contributed by atoms with E-state index in [-0.39, 0.29) is 6.04 Å². The number of hydrogen-bond acceptors (Lipinski definition) is 3. The number of nitrogens with zero attached hydrogens (tertiary/aromatic N) is 1. The lowest BCUT2D eigenvalue weighted by Crippen LogP contribution is -2.18. The molecule has 0 unspecified atom stereocenters. The van der Waals surface area contributed by atoms with Crippen LogP contribution >= 0.6 is 0 Å². The van der Waals surface area contributed by atoms with Gasteiger partial charge in [-0.3, -0.25) is 0 Å². The van der Waals surface area contributed by atoms with Crippen LogP contribution in [-0.2, 0) is 6.54 Å². The van der Waals surface area contributed by atoms with Gasteiger partial charge in [0.1, 0.15) is 11.6 Å². The fourth-order valence-electron chi connectivity index (χ4n) is 2.22. The molecular weight excluding hydrogens is 267 g/mol. The average Bonchev–Trinajstić information content (AvgIpc) is 2.52. The first-order valence-electron chi connectivity index (χ1n) is 6.70. The molecule has 0 amide bonds. The van der Waals surface area contributed by atoms with Crippen LogP contribution in [0.15, 0.2) is 42.5 Å². The Morgan fingerprint density at radius 1 is 1.29 bits per heavy atom. The Labute approximate surface area is 124 Å². The second-order valence-corrected chi connectivity index (χ2v) is 4.80. The Morgan fingerprint density at radius 2 is 2.05 bits per heavy atom. The summed E-state index contributed by atoms with van der Waals surface area (Å²) < 4.78 is 18.7. The maximum atomic E-state index is 13.4. The third-order valence-electron chi connectivity index (χ3n) is 3.30. The summed E-state index contributed by atoms with van der Waals surface area (Å²) in [4.78, 5) is 0. The van der Waals surface area contributed by atoms with Crippen LogP contribution in [0.4, 0.5) is 4.39 Å². The van der Waals surface area contributed by atoms with Crippen LogP contribution in [0.25, 0.3) is 0 Å². The molecule has 1 atom stereocenters. The summed E-state index contributed by atoms with van der Waals surface area (Å²) in [5, 5.41) is 12.2. The van der Waals surface area contributed by atoms with Crippen molar-refractivity contribution in [3.05, 3.63) is 65.0 Å². The molecule has 0 radical (unpaired) electrons.